The van der Waals surface area contributed by atoms with Crippen LogP contribution in [0.25, 0.3) is 11.1 Å². The van der Waals surface area contributed by atoms with Crippen LogP contribution in [0.2, 0.25) is 18.1 Å². The Hall–Kier alpha value is -1.83. The monoisotopic (exact) mass is 402 g/mol. The van der Waals surface area contributed by atoms with E-state index >= 15 is 4.39 Å². The molecule has 1 saturated heterocycles. The van der Waals surface area contributed by atoms with Crippen molar-refractivity contribution < 1.29 is 8.82 Å². The van der Waals surface area contributed by atoms with Gasteiger partial charge in [-0.2, -0.15) is 0 Å². The van der Waals surface area contributed by atoms with E-state index in [1.165, 1.54) is 0 Å². The Balaban J connectivity index is 1.77. The molecule has 1 fully saturated rings. The zero-order chi connectivity index (χ0) is 20.4. The third kappa shape index (κ3) is 4.59. The third-order valence-corrected chi connectivity index (χ3v) is 10.3. The number of aromatic nitrogens is 2. The number of rotatable bonds is 5. The number of benzene rings is 1. The summed E-state index contributed by atoms with van der Waals surface area (Å²) >= 11 is 0. The summed E-state index contributed by atoms with van der Waals surface area (Å²) in [6.45, 7) is 14.8. The molecule has 0 radical (unpaired) electrons. The van der Waals surface area contributed by atoms with Gasteiger partial charge < -0.3 is 14.6 Å². The van der Waals surface area contributed by atoms with Crippen LogP contribution in [-0.4, -0.2) is 44.5 Å². The Morgan fingerprint density at radius 2 is 1.79 bits per heavy atom. The van der Waals surface area contributed by atoms with E-state index in [-0.39, 0.29) is 17.5 Å². The van der Waals surface area contributed by atoms with Crippen molar-refractivity contribution in [3.63, 3.8) is 0 Å². The lowest BCUT2D eigenvalue weighted by Crippen LogP contribution is -2.44. The van der Waals surface area contributed by atoms with Crippen molar-refractivity contribution in [3.8, 4) is 11.1 Å². The summed E-state index contributed by atoms with van der Waals surface area (Å²) in [5.41, 5.74) is 1.78. The van der Waals surface area contributed by atoms with Crippen molar-refractivity contribution in [2.24, 2.45) is 0 Å². The van der Waals surface area contributed by atoms with E-state index in [4.69, 9.17) is 4.43 Å². The molecule has 7 heteroatoms. The summed E-state index contributed by atoms with van der Waals surface area (Å²) in [7, 11) is -1.94. The van der Waals surface area contributed by atoms with Crippen LogP contribution in [0.4, 0.5) is 10.3 Å². The zero-order valence-electron chi connectivity index (χ0n) is 17.6. The first-order valence-corrected chi connectivity index (χ1v) is 12.8. The summed E-state index contributed by atoms with van der Waals surface area (Å²) in [6, 6.07) is 5.43. The van der Waals surface area contributed by atoms with Crippen LogP contribution in [0.5, 0.6) is 0 Å². The lowest BCUT2D eigenvalue weighted by Gasteiger charge is -2.36. The first-order valence-electron chi connectivity index (χ1n) is 9.88. The van der Waals surface area contributed by atoms with Gasteiger partial charge in [-0.3, -0.25) is 0 Å². The molecule has 0 bridgehead atoms. The molecule has 2 aromatic rings. The standard InChI is InChI=1S/C21H31FN4OSi/c1-21(2,3)28(4,5)27-15-16-7-6-8-18(19(16)22)17-13-24-20(25-14-17)26-11-9-23-10-12-26/h6-8,13-14,23H,9-12,15H2,1-5H3. The normalized spacial score (nSPS) is 15.7. The predicted octanol–water partition coefficient (Wildman–Crippen LogP) is 4.21. The van der Waals surface area contributed by atoms with Crippen LogP contribution >= 0.6 is 0 Å². The summed E-state index contributed by atoms with van der Waals surface area (Å²) in [6.07, 6.45) is 3.42. The molecule has 2 heterocycles. The molecular weight excluding hydrogens is 371 g/mol. The predicted molar refractivity (Wildman–Crippen MR) is 114 cm³/mol. The molecule has 0 atom stereocenters. The van der Waals surface area contributed by atoms with Gasteiger partial charge in [0.25, 0.3) is 0 Å². The van der Waals surface area contributed by atoms with Crippen molar-refractivity contribution in [2.45, 2.75) is 45.5 Å². The molecule has 0 saturated carbocycles. The molecule has 1 aliphatic rings. The molecule has 0 unspecified atom stereocenters. The van der Waals surface area contributed by atoms with E-state index in [0.29, 0.717) is 22.6 Å². The van der Waals surface area contributed by atoms with Gasteiger partial charge in [0.2, 0.25) is 5.95 Å². The van der Waals surface area contributed by atoms with Gasteiger partial charge in [0, 0.05) is 55.3 Å². The van der Waals surface area contributed by atoms with Crippen LogP contribution in [-0.2, 0) is 11.0 Å². The quantitative estimate of drug-likeness (QED) is 0.759. The largest absolute Gasteiger partial charge is 0.412 e. The fourth-order valence-electron chi connectivity index (χ4n) is 2.88. The van der Waals surface area contributed by atoms with Gasteiger partial charge in [0.05, 0.1) is 6.61 Å². The maximum absolute atomic E-state index is 15.1. The number of hydrogen-bond donors (Lipinski definition) is 1. The molecular formula is C21H31FN4OSi. The van der Waals surface area contributed by atoms with Crippen molar-refractivity contribution in [1.29, 1.82) is 0 Å². The van der Waals surface area contributed by atoms with Crippen LogP contribution in [0.15, 0.2) is 30.6 Å². The van der Waals surface area contributed by atoms with Gasteiger partial charge in [-0.15, -0.1) is 0 Å². The zero-order valence-corrected chi connectivity index (χ0v) is 18.6. The highest BCUT2D eigenvalue weighted by Gasteiger charge is 2.37. The van der Waals surface area contributed by atoms with Crippen LogP contribution < -0.4 is 10.2 Å². The fraction of sp³-hybridized carbons (Fsp3) is 0.524. The van der Waals surface area contributed by atoms with Crippen molar-refractivity contribution in [3.05, 3.63) is 42.0 Å². The number of nitrogens with one attached hydrogen (secondary N) is 1. The van der Waals surface area contributed by atoms with Gasteiger partial charge in [0.15, 0.2) is 8.32 Å². The number of piperazine rings is 1. The summed E-state index contributed by atoms with van der Waals surface area (Å²) in [5, 5.41) is 3.40. The first-order chi connectivity index (χ1) is 13.2. The van der Waals surface area contributed by atoms with Gasteiger partial charge >= 0.3 is 0 Å². The molecule has 152 valence electrons. The molecule has 1 N–H and O–H groups in total. The van der Waals surface area contributed by atoms with Crippen LogP contribution in [0, 0.1) is 5.82 Å². The maximum Gasteiger partial charge on any atom is 0.225 e. The lowest BCUT2D eigenvalue weighted by molar-refractivity contribution is 0.271. The molecule has 0 spiro atoms. The molecule has 28 heavy (non-hydrogen) atoms. The Morgan fingerprint density at radius 3 is 2.39 bits per heavy atom. The average molecular weight is 403 g/mol. The van der Waals surface area contributed by atoms with Crippen LogP contribution in [0.3, 0.4) is 0 Å². The highest BCUT2D eigenvalue weighted by molar-refractivity contribution is 6.74. The smallest absolute Gasteiger partial charge is 0.225 e. The summed E-state index contributed by atoms with van der Waals surface area (Å²) in [5.74, 6) is 0.447. The Morgan fingerprint density at radius 1 is 1.14 bits per heavy atom. The van der Waals surface area contributed by atoms with E-state index in [1.54, 1.807) is 24.5 Å². The second kappa shape index (κ2) is 8.27. The van der Waals surface area contributed by atoms with Crippen molar-refractivity contribution >= 4 is 14.3 Å². The van der Waals surface area contributed by atoms with Gasteiger partial charge in [-0.1, -0.05) is 39.0 Å². The Labute approximate surface area is 168 Å². The molecule has 0 aliphatic carbocycles. The first kappa shape index (κ1) is 20.9. The van der Waals surface area contributed by atoms with Gasteiger partial charge in [-0.25, -0.2) is 14.4 Å². The number of halogens is 1. The Bertz CT molecular complexity index is 799. The van der Waals surface area contributed by atoms with Gasteiger partial charge in [0.1, 0.15) is 5.82 Å². The van der Waals surface area contributed by atoms with E-state index in [1.807, 2.05) is 6.07 Å². The summed E-state index contributed by atoms with van der Waals surface area (Å²) in [4.78, 5) is 11.1. The second-order valence-electron chi connectivity index (χ2n) is 8.84. The topological polar surface area (TPSA) is 50.3 Å². The minimum Gasteiger partial charge on any atom is -0.412 e. The van der Waals surface area contributed by atoms with Crippen molar-refractivity contribution in [2.75, 3.05) is 31.1 Å². The highest BCUT2D eigenvalue weighted by atomic mass is 28.4. The van der Waals surface area contributed by atoms with Gasteiger partial charge in [-0.05, 0) is 18.1 Å². The molecule has 1 aliphatic heterocycles. The minimum atomic E-state index is -1.94. The maximum atomic E-state index is 15.1. The van der Waals surface area contributed by atoms with Crippen LogP contribution in [0.1, 0.15) is 26.3 Å². The molecule has 1 aromatic carbocycles. The van der Waals surface area contributed by atoms with E-state index in [2.05, 4.69) is 54.0 Å². The number of anilines is 1. The highest BCUT2D eigenvalue weighted by Crippen LogP contribution is 2.37. The van der Waals surface area contributed by atoms with E-state index in [0.717, 1.165) is 26.2 Å². The lowest BCUT2D eigenvalue weighted by atomic mass is 10.1. The molecule has 1 aromatic heterocycles. The number of nitrogens with zero attached hydrogens (tertiary/aromatic N) is 3. The van der Waals surface area contributed by atoms with Crippen molar-refractivity contribution in [1.82, 2.24) is 15.3 Å². The average Bonchev–Trinajstić information content (AvgIpc) is 2.67. The van der Waals surface area contributed by atoms with E-state index < -0.39 is 8.32 Å². The SMILES string of the molecule is CC(C)(C)[Si](C)(C)OCc1cccc(-c2cnc(N3CCNCC3)nc2)c1F. The Kier molecular flexibility index (Phi) is 6.17. The molecule has 5 nitrogen and oxygen atoms in total. The minimum absolute atomic E-state index is 0.0920. The summed E-state index contributed by atoms with van der Waals surface area (Å²) < 4.78 is 21.4. The fourth-order valence-corrected chi connectivity index (χ4v) is 3.83. The second-order valence-corrected chi connectivity index (χ2v) is 13.6. The molecule has 0 amide bonds. The third-order valence-electron chi connectivity index (χ3n) is 5.82. The number of hydrogen-bond acceptors (Lipinski definition) is 5. The van der Waals surface area contributed by atoms with E-state index in [9.17, 15) is 0 Å². The molecule has 3 rings (SSSR count).